The summed E-state index contributed by atoms with van der Waals surface area (Å²) < 4.78 is 0. The smallest absolute Gasteiger partial charge is 0.195 e. The monoisotopic (exact) mass is 341 g/mol. The molecule has 136 valence electrons. The Morgan fingerprint density at radius 2 is 1.88 bits per heavy atom. The van der Waals surface area contributed by atoms with Crippen LogP contribution in [0, 0.1) is 6.92 Å². The minimum absolute atomic E-state index is 0.401. The first kappa shape index (κ1) is 16.9. The molecule has 1 aromatic rings. The molecule has 3 aliphatic heterocycles. The number of nitrogens with zero attached hydrogens (tertiary/aromatic N) is 2. The zero-order valence-electron chi connectivity index (χ0n) is 15.4. The molecule has 0 bridgehead atoms. The normalized spacial score (nSPS) is 27.2. The Morgan fingerprint density at radius 1 is 1.08 bits per heavy atom. The molecule has 1 aromatic carbocycles. The number of rotatable bonds is 2. The standard InChI is InChI=1S/C20H31N5/c1-15-6-7-16-13-25(14-17(16)10-15)20(23-18-4-2-8-21-11-18)24-19-5-3-9-22-12-19/h6-7,10,18-19,21-22H,2-5,8-9,11-14H2,1H3,(H,23,24). The third kappa shape index (κ3) is 4.15. The van der Waals surface area contributed by atoms with Crippen LogP contribution in [0.5, 0.6) is 0 Å². The largest absolute Gasteiger partial charge is 0.352 e. The first-order chi connectivity index (χ1) is 12.3. The van der Waals surface area contributed by atoms with Crippen LogP contribution < -0.4 is 16.0 Å². The first-order valence-corrected chi connectivity index (χ1v) is 9.87. The van der Waals surface area contributed by atoms with Crippen LogP contribution in [-0.4, -0.2) is 49.1 Å². The molecule has 0 aliphatic carbocycles. The van der Waals surface area contributed by atoms with Gasteiger partial charge in [0.1, 0.15) is 0 Å². The molecule has 5 nitrogen and oxygen atoms in total. The Balaban J connectivity index is 1.51. The molecule has 3 aliphatic rings. The van der Waals surface area contributed by atoms with Crippen molar-refractivity contribution in [2.24, 2.45) is 4.99 Å². The summed E-state index contributed by atoms with van der Waals surface area (Å²) in [4.78, 5) is 7.60. The van der Waals surface area contributed by atoms with E-state index in [9.17, 15) is 0 Å². The van der Waals surface area contributed by atoms with Gasteiger partial charge in [-0.25, -0.2) is 4.99 Å². The summed E-state index contributed by atoms with van der Waals surface area (Å²) in [6.07, 6.45) is 4.90. The molecular formula is C20H31N5. The van der Waals surface area contributed by atoms with Crippen LogP contribution in [-0.2, 0) is 13.1 Å². The fourth-order valence-corrected chi connectivity index (χ4v) is 4.16. The van der Waals surface area contributed by atoms with Crippen molar-refractivity contribution in [1.82, 2.24) is 20.9 Å². The van der Waals surface area contributed by atoms with Crippen LogP contribution in [0.3, 0.4) is 0 Å². The number of guanidine groups is 1. The predicted octanol–water partition coefficient (Wildman–Crippen LogP) is 1.76. The fourth-order valence-electron chi connectivity index (χ4n) is 4.16. The van der Waals surface area contributed by atoms with Crippen molar-refractivity contribution in [3.05, 3.63) is 34.9 Å². The predicted molar refractivity (Wildman–Crippen MR) is 103 cm³/mol. The average molecular weight is 342 g/mol. The quantitative estimate of drug-likeness (QED) is 0.567. The van der Waals surface area contributed by atoms with E-state index >= 15 is 0 Å². The maximum Gasteiger partial charge on any atom is 0.195 e. The lowest BCUT2D eigenvalue weighted by Gasteiger charge is -2.31. The van der Waals surface area contributed by atoms with Gasteiger partial charge in [0.2, 0.25) is 0 Å². The van der Waals surface area contributed by atoms with E-state index in [-0.39, 0.29) is 0 Å². The lowest BCUT2D eigenvalue weighted by atomic mass is 10.1. The van der Waals surface area contributed by atoms with E-state index in [0.717, 1.165) is 45.2 Å². The summed E-state index contributed by atoms with van der Waals surface area (Å²) in [5.41, 5.74) is 4.25. The molecule has 0 amide bonds. The number of hydrogen-bond acceptors (Lipinski definition) is 3. The van der Waals surface area contributed by atoms with Gasteiger partial charge in [0.25, 0.3) is 0 Å². The highest BCUT2D eigenvalue weighted by Crippen LogP contribution is 2.24. The molecule has 2 fully saturated rings. The van der Waals surface area contributed by atoms with Crippen LogP contribution in [0.2, 0.25) is 0 Å². The Morgan fingerprint density at radius 3 is 2.64 bits per heavy atom. The van der Waals surface area contributed by atoms with Gasteiger partial charge < -0.3 is 20.9 Å². The molecule has 2 unspecified atom stereocenters. The van der Waals surface area contributed by atoms with Crippen molar-refractivity contribution in [3.8, 4) is 0 Å². The molecule has 2 saturated heterocycles. The zero-order valence-corrected chi connectivity index (χ0v) is 15.4. The molecule has 0 spiro atoms. The number of nitrogens with one attached hydrogen (secondary N) is 3. The van der Waals surface area contributed by atoms with Crippen molar-refractivity contribution in [3.63, 3.8) is 0 Å². The minimum atomic E-state index is 0.401. The van der Waals surface area contributed by atoms with Crippen molar-refractivity contribution in [2.45, 2.75) is 57.8 Å². The molecule has 25 heavy (non-hydrogen) atoms. The maximum absolute atomic E-state index is 5.16. The molecule has 0 radical (unpaired) electrons. The lowest BCUT2D eigenvalue weighted by molar-refractivity contribution is 0.373. The van der Waals surface area contributed by atoms with Crippen LogP contribution in [0.25, 0.3) is 0 Å². The third-order valence-electron chi connectivity index (χ3n) is 5.59. The summed E-state index contributed by atoms with van der Waals surface area (Å²) >= 11 is 0. The second kappa shape index (κ2) is 7.75. The summed E-state index contributed by atoms with van der Waals surface area (Å²) in [6, 6.07) is 7.74. The topological polar surface area (TPSA) is 51.7 Å². The average Bonchev–Trinajstić information content (AvgIpc) is 3.06. The Hall–Kier alpha value is -1.59. The van der Waals surface area contributed by atoms with Crippen LogP contribution in [0.4, 0.5) is 0 Å². The van der Waals surface area contributed by atoms with E-state index in [1.165, 1.54) is 42.4 Å². The van der Waals surface area contributed by atoms with Gasteiger partial charge in [-0.3, -0.25) is 0 Å². The summed E-state index contributed by atoms with van der Waals surface area (Å²) in [5, 5.41) is 10.8. The van der Waals surface area contributed by atoms with E-state index in [0.29, 0.717) is 12.1 Å². The second-order valence-electron chi connectivity index (χ2n) is 7.77. The Kier molecular flexibility index (Phi) is 5.22. The fraction of sp³-hybridized carbons (Fsp3) is 0.650. The van der Waals surface area contributed by atoms with Crippen LogP contribution in [0.1, 0.15) is 42.4 Å². The van der Waals surface area contributed by atoms with Gasteiger partial charge in [-0.1, -0.05) is 23.8 Å². The Labute approximate surface area is 151 Å². The van der Waals surface area contributed by atoms with E-state index < -0.39 is 0 Å². The van der Waals surface area contributed by atoms with Crippen molar-refractivity contribution in [1.29, 1.82) is 0 Å². The van der Waals surface area contributed by atoms with Crippen LogP contribution >= 0.6 is 0 Å². The number of aliphatic imine (C=N–C) groups is 1. The number of hydrogen-bond donors (Lipinski definition) is 3. The highest BCUT2D eigenvalue weighted by atomic mass is 15.3. The second-order valence-corrected chi connectivity index (χ2v) is 7.77. The molecule has 4 rings (SSSR count). The molecule has 3 heterocycles. The molecule has 0 saturated carbocycles. The third-order valence-corrected chi connectivity index (χ3v) is 5.59. The van der Waals surface area contributed by atoms with Gasteiger partial charge in [0, 0.05) is 32.2 Å². The molecule has 2 atom stereocenters. The number of piperidine rings is 2. The van der Waals surface area contributed by atoms with E-state index in [1.807, 2.05) is 0 Å². The SMILES string of the molecule is Cc1ccc2c(c1)CN(C(=NC1CCCNC1)NC1CCCNC1)C2. The molecule has 0 aromatic heterocycles. The highest BCUT2D eigenvalue weighted by molar-refractivity contribution is 5.81. The van der Waals surface area contributed by atoms with Gasteiger partial charge in [-0.05, 0) is 56.8 Å². The van der Waals surface area contributed by atoms with Crippen molar-refractivity contribution >= 4 is 5.96 Å². The molecule has 5 heteroatoms. The maximum atomic E-state index is 5.16. The zero-order chi connectivity index (χ0) is 17.1. The summed E-state index contributed by atoms with van der Waals surface area (Å²) in [6.45, 7) is 8.46. The number of benzene rings is 1. The van der Waals surface area contributed by atoms with E-state index in [4.69, 9.17) is 4.99 Å². The van der Waals surface area contributed by atoms with E-state index in [2.05, 4.69) is 46.0 Å². The number of fused-ring (bicyclic) bond motifs is 1. The summed E-state index contributed by atoms with van der Waals surface area (Å²) in [5.74, 6) is 1.11. The van der Waals surface area contributed by atoms with Crippen LogP contribution in [0.15, 0.2) is 23.2 Å². The minimum Gasteiger partial charge on any atom is -0.352 e. The van der Waals surface area contributed by atoms with Crippen molar-refractivity contribution in [2.75, 3.05) is 26.2 Å². The molecular weight excluding hydrogens is 310 g/mol. The van der Waals surface area contributed by atoms with Gasteiger partial charge in [0.15, 0.2) is 5.96 Å². The number of aryl methyl sites for hydroxylation is 1. The lowest BCUT2D eigenvalue weighted by Crippen LogP contribution is -2.51. The first-order valence-electron chi connectivity index (χ1n) is 9.87. The Bertz CT molecular complexity index is 615. The highest BCUT2D eigenvalue weighted by Gasteiger charge is 2.25. The van der Waals surface area contributed by atoms with Gasteiger partial charge in [0.05, 0.1) is 6.04 Å². The van der Waals surface area contributed by atoms with Gasteiger partial charge in [-0.2, -0.15) is 0 Å². The summed E-state index contributed by atoms with van der Waals surface area (Å²) in [7, 11) is 0. The van der Waals surface area contributed by atoms with Gasteiger partial charge >= 0.3 is 0 Å². The molecule has 3 N–H and O–H groups in total. The van der Waals surface area contributed by atoms with Gasteiger partial charge in [-0.15, -0.1) is 0 Å². The van der Waals surface area contributed by atoms with Crippen molar-refractivity contribution < 1.29 is 0 Å². The van der Waals surface area contributed by atoms with E-state index in [1.54, 1.807) is 0 Å².